The molecule has 9 amide bonds. The Kier molecular flexibility index (Phi) is 27.8. The number of likely N-dealkylation sites (N-methyl/N-ethyl adjacent to an activating group) is 1. The highest BCUT2D eigenvalue weighted by atomic mass is 35.5. The van der Waals surface area contributed by atoms with Crippen molar-refractivity contribution in [1.82, 2.24) is 42.1 Å². The number of rotatable bonds is 20. The van der Waals surface area contributed by atoms with Crippen molar-refractivity contribution < 1.29 is 137 Å². The number of benzene rings is 5. The molecule has 2 saturated heterocycles. The molecule has 7 aliphatic rings. The standard InChI is InChI=1S/C77H87Cl2N9O28/c1-9-18-108-73(105)57-40-27-38(90)28-46(92)54(40)39-22-34(12-15-45(39)91)55-69(101)86-59(72(104)84-57)61(95)36-14-17-48(42(79)24-36)113-50-26-37-25-49(64(50)116-74-65(63(97)62(96)51(31-89)114-74)115-53-30-77(7,66(98)33(6)111-53)87-75(106)109-19-10-2)112-47-16-13-35(23-41(47)78)60(94)58(85-68(100)44(21-32(4)5)88(8)76(107)110-20-11-3)71(103)81-43(29-52(80)93)67(99)82-56(37)70(102)83-55/h9-17,22-28,32-33,43-44,51,53,55-63,65-66,74,89-92,94-98H,1-3,18-21,29-31H2,4-8H3,(H2,80,93)(H,81,103)(H,82,99)(H,83,102)(H,84,104)(H,85,100)(H,86,101)(H,87,106)/t33?,43-,44+,51?,53?,55?,56+,57+,58+,59-,60+,61+,62?,63?,65?,66?,74?,77?/m0/s1. The molecule has 5 aromatic carbocycles. The maximum absolute atomic E-state index is 16.3. The lowest BCUT2D eigenvalue weighted by Gasteiger charge is -2.48. The number of phenols is 3. The molecule has 11 bridgehead atoms. The van der Waals surface area contributed by atoms with Crippen LogP contribution in [-0.4, -0.2) is 223 Å². The summed E-state index contributed by atoms with van der Waals surface area (Å²) in [5.74, 6) is -16.5. The molecule has 18 N–H and O–H groups in total. The molecule has 10 unspecified atom stereocenters. The van der Waals surface area contributed by atoms with Gasteiger partial charge in [-0.1, -0.05) is 93.2 Å². The van der Waals surface area contributed by atoms with Gasteiger partial charge in [0.1, 0.15) is 121 Å². The lowest BCUT2D eigenvalue weighted by Crippen LogP contribution is -2.66. The van der Waals surface area contributed by atoms with E-state index in [4.69, 9.17) is 71.6 Å². The first-order chi connectivity index (χ1) is 55.0. The molecule has 0 saturated carbocycles. The van der Waals surface area contributed by atoms with Crippen LogP contribution in [0.3, 0.4) is 0 Å². The number of carbonyl (C=O) groups excluding carboxylic acids is 10. The fourth-order valence-corrected chi connectivity index (χ4v) is 14.1. The quantitative estimate of drug-likeness (QED) is 0.0302. The van der Waals surface area contributed by atoms with Gasteiger partial charge in [-0.25, -0.2) is 14.4 Å². The number of nitrogens with one attached hydrogen (secondary N) is 7. The number of esters is 1. The predicted octanol–water partition coefficient (Wildman–Crippen LogP) is 2.74. The number of hydrogen-bond acceptors (Lipinski definition) is 28. The molecule has 0 spiro atoms. The maximum atomic E-state index is 16.3. The normalized spacial score (nSPS) is 26.8. The largest absolute Gasteiger partial charge is 0.508 e. The van der Waals surface area contributed by atoms with Crippen LogP contribution in [0.1, 0.15) is 105 Å². The minimum Gasteiger partial charge on any atom is -0.508 e. The van der Waals surface area contributed by atoms with E-state index in [0.29, 0.717) is 0 Å². The number of hydrogen-bond donors (Lipinski definition) is 17. The van der Waals surface area contributed by atoms with E-state index in [1.165, 1.54) is 39.1 Å². The molecule has 7 aliphatic heterocycles. The Morgan fingerprint density at radius 2 is 1.28 bits per heavy atom. The maximum Gasteiger partial charge on any atom is 0.410 e. The summed E-state index contributed by atoms with van der Waals surface area (Å²) in [7, 11) is 1.22. The van der Waals surface area contributed by atoms with Crippen LogP contribution < -0.4 is 57.2 Å². The van der Waals surface area contributed by atoms with E-state index in [-0.39, 0.29) is 42.2 Å². The summed E-state index contributed by atoms with van der Waals surface area (Å²) in [5.41, 5.74) is 1.27. The number of aliphatic hydroxyl groups excluding tert-OH is 6. The lowest BCUT2D eigenvalue weighted by molar-refractivity contribution is -0.334. The molecule has 39 heteroatoms. The highest BCUT2D eigenvalue weighted by molar-refractivity contribution is 6.32. The van der Waals surface area contributed by atoms with Gasteiger partial charge in [-0.15, -0.1) is 0 Å². The van der Waals surface area contributed by atoms with Gasteiger partial charge in [0.15, 0.2) is 29.9 Å². The molecule has 116 heavy (non-hydrogen) atoms. The Hall–Kier alpha value is -11.4. The van der Waals surface area contributed by atoms with Crippen LogP contribution in [0, 0.1) is 5.92 Å². The van der Waals surface area contributed by atoms with Gasteiger partial charge in [0, 0.05) is 36.2 Å². The van der Waals surface area contributed by atoms with E-state index in [9.17, 15) is 69.9 Å². The molecule has 37 nitrogen and oxygen atoms in total. The first-order valence-corrected chi connectivity index (χ1v) is 36.8. The molecular formula is C77H87Cl2N9O28. The van der Waals surface area contributed by atoms with Gasteiger partial charge in [-0.05, 0) is 103 Å². The smallest absolute Gasteiger partial charge is 0.410 e. The molecule has 0 aromatic heterocycles. The zero-order valence-electron chi connectivity index (χ0n) is 62.8. The number of phenolic OH excluding ortho intramolecular Hbond substituents is 3. The molecule has 2 fully saturated rings. The predicted molar refractivity (Wildman–Crippen MR) is 404 cm³/mol. The van der Waals surface area contributed by atoms with Crippen LogP contribution in [0.15, 0.2) is 117 Å². The van der Waals surface area contributed by atoms with Crippen molar-refractivity contribution in [3.63, 3.8) is 0 Å². The third kappa shape index (κ3) is 19.4. The van der Waals surface area contributed by atoms with Crippen LogP contribution in [0.25, 0.3) is 11.1 Å². The van der Waals surface area contributed by atoms with E-state index < -0.39 is 273 Å². The Balaban J connectivity index is 1.23. The van der Waals surface area contributed by atoms with E-state index in [2.05, 4.69) is 57.0 Å². The number of carbonyl (C=O) groups is 10. The van der Waals surface area contributed by atoms with Crippen LogP contribution in [0.2, 0.25) is 10.0 Å². The van der Waals surface area contributed by atoms with Crippen molar-refractivity contribution in [2.45, 2.75) is 156 Å². The second kappa shape index (κ2) is 37.1. The number of halogens is 2. The summed E-state index contributed by atoms with van der Waals surface area (Å²) < 4.78 is 54.6. The average molecular weight is 1660 g/mol. The summed E-state index contributed by atoms with van der Waals surface area (Å²) in [5, 5.41) is 122. The van der Waals surface area contributed by atoms with Crippen molar-refractivity contribution in [3.05, 3.63) is 155 Å². The number of alkyl carbamates (subject to hydrolysis) is 1. The number of aromatic hydroxyl groups is 3. The highest BCUT2D eigenvalue weighted by Gasteiger charge is 2.53. The molecule has 0 radical (unpaired) electrons. The van der Waals surface area contributed by atoms with Crippen LogP contribution in [-0.2, 0) is 66.8 Å². The fraction of sp³-hybridized carbons (Fsp3) is 0.403. The Bertz CT molecular complexity index is 4650. The topological polar surface area (TPSA) is 549 Å². The van der Waals surface area contributed by atoms with Crippen molar-refractivity contribution in [2.75, 3.05) is 33.5 Å². The van der Waals surface area contributed by atoms with Crippen molar-refractivity contribution in [1.29, 1.82) is 0 Å². The lowest BCUT2D eigenvalue weighted by atomic mass is 9.85. The summed E-state index contributed by atoms with van der Waals surface area (Å²) in [6, 6.07) is -1.61. The Labute approximate surface area is 671 Å². The van der Waals surface area contributed by atoms with Gasteiger partial charge in [0.25, 0.3) is 0 Å². The van der Waals surface area contributed by atoms with Crippen molar-refractivity contribution in [3.8, 4) is 57.1 Å². The van der Waals surface area contributed by atoms with Crippen molar-refractivity contribution in [2.24, 2.45) is 11.7 Å². The second-order valence-corrected chi connectivity index (χ2v) is 29.2. The minimum absolute atomic E-state index is 0.0912. The van der Waals surface area contributed by atoms with Gasteiger partial charge >= 0.3 is 18.2 Å². The SMILES string of the molecule is C=CCOC(=O)NC1(C)CC(OC2C(Oc3c4cc5cc3Oc3ccc(cc3Cl)[C@@H](O)[C@@H](NC(=O)[C@@H](CC(C)C)N(C)C(=O)OCC=C)C(=O)N[C@@H](CC(N)=O)C(=O)N[C@H]5C(=O)NC3C(=O)N[C@H](C(=O)N[C@@H](C(=O)OCC=C)c5cc(O)cc(O)c5-c5cc3ccc5O)[C@H](O)c3ccc(c(Cl)c3)O4)OC(CO)C(O)C2O)OC(C)C1O. The zero-order chi connectivity index (χ0) is 84.6. The molecule has 12 rings (SSSR count). The molecular weight excluding hydrogens is 1570 g/mol. The number of aliphatic hydroxyl groups is 6. The van der Waals surface area contributed by atoms with Gasteiger partial charge in [-0.2, -0.15) is 0 Å². The molecule has 622 valence electrons. The van der Waals surface area contributed by atoms with E-state index >= 15 is 24.0 Å². The monoisotopic (exact) mass is 1660 g/mol. The average Bonchev–Trinajstić information content (AvgIpc) is 0.764. The fourth-order valence-electron chi connectivity index (χ4n) is 13.6. The van der Waals surface area contributed by atoms with Gasteiger partial charge < -0.3 is 132 Å². The third-order valence-corrected chi connectivity index (χ3v) is 20.1. The van der Waals surface area contributed by atoms with E-state index in [1.54, 1.807) is 13.8 Å². The van der Waals surface area contributed by atoms with Crippen molar-refractivity contribution >= 4 is 82.7 Å². The number of ether oxygens (including phenoxy) is 9. The number of amides is 9. The summed E-state index contributed by atoms with van der Waals surface area (Å²) >= 11 is 14.3. The highest BCUT2D eigenvalue weighted by Crippen LogP contribution is 2.50. The first-order valence-electron chi connectivity index (χ1n) is 36.1. The molecule has 0 aliphatic carbocycles. The summed E-state index contributed by atoms with van der Waals surface area (Å²) in [6.45, 7) is 14.8. The summed E-state index contributed by atoms with van der Waals surface area (Å²) in [4.78, 5) is 148. The summed E-state index contributed by atoms with van der Waals surface area (Å²) in [6.07, 6.45) is -18.8. The number of nitrogens with two attached hydrogens (primary N) is 1. The second-order valence-electron chi connectivity index (χ2n) is 28.4. The zero-order valence-corrected chi connectivity index (χ0v) is 64.3. The first kappa shape index (κ1) is 87.0. The number of fused-ring (bicyclic) bond motifs is 15. The van der Waals surface area contributed by atoms with E-state index in [1.807, 2.05) is 0 Å². The van der Waals surface area contributed by atoms with Gasteiger partial charge in [-0.3, -0.25) is 38.5 Å². The van der Waals surface area contributed by atoms with Crippen LogP contribution in [0.5, 0.6) is 46.0 Å². The Morgan fingerprint density at radius 1 is 0.690 bits per heavy atom. The number of nitrogens with zero attached hydrogens (tertiary/aromatic N) is 1. The third-order valence-electron chi connectivity index (χ3n) is 19.5. The molecule has 5 aromatic rings. The number of primary amides is 1. The molecule has 18 atom stereocenters. The van der Waals surface area contributed by atoms with Crippen LogP contribution in [0.4, 0.5) is 9.59 Å². The van der Waals surface area contributed by atoms with Gasteiger partial charge in [0.2, 0.25) is 53.4 Å². The van der Waals surface area contributed by atoms with Crippen LogP contribution >= 0.6 is 23.2 Å². The molecule has 7 heterocycles. The van der Waals surface area contributed by atoms with E-state index in [0.717, 1.165) is 83.8 Å². The minimum atomic E-state index is -2.43. The van der Waals surface area contributed by atoms with Gasteiger partial charge in [0.05, 0.1) is 34.7 Å². The Morgan fingerprint density at radius 3 is 1.90 bits per heavy atom.